The minimum atomic E-state index is -3.65. The molecule has 1 atom stereocenters. The van der Waals surface area contributed by atoms with E-state index in [2.05, 4.69) is 15.1 Å². The molecule has 0 saturated carbocycles. The lowest BCUT2D eigenvalue weighted by Crippen LogP contribution is -2.44. The summed E-state index contributed by atoms with van der Waals surface area (Å²) in [6.07, 6.45) is 4.36. The van der Waals surface area contributed by atoms with Crippen molar-refractivity contribution in [2.45, 2.75) is 37.7 Å². The molecule has 0 bridgehead atoms. The van der Waals surface area contributed by atoms with E-state index in [1.54, 1.807) is 32.3 Å². The Morgan fingerprint density at radius 2 is 2.04 bits per heavy atom. The molecule has 0 aromatic carbocycles. The first-order chi connectivity index (χ1) is 11.0. The number of aryl methyl sites for hydroxylation is 2. The van der Waals surface area contributed by atoms with Gasteiger partial charge in [0.1, 0.15) is 16.7 Å². The lowest BCUT2D eigenvalue weighted by atomic mass is 10.1. The normalized spacial score (nSPS) is 19.7. The van der Waals surface area contributed by atoms with Crippen LogP contribution in [0.2, 0.25) is 0 Å². The lowest BCUT2D eigenvalue weighted by Gasteiger charge is -2.31. The molecule has 3 heterocycles. The Hall–Kier alpha value is -2.00. The van der Waals surface area contributed by atoms with E-state index in [4.69, 9.17) is 9.26 Å². The predicted octanol–water partition coefficient (Wildman–Crippen LogP) is 1.31. The molecule has 1 fully saturated rings. The Kier molecular flexibility index (Phi) is 4.31. The number of hydrogen-bond acceptors (Lipinski definition) is 7. The lowest BCUT2D eigenvalue weighted by molar-refractivity contribution is 0.119. The fourth-order valence-corrected chi connectivity index (χ4v) is 4.49. The minimum absolute atomic E-state index is 0.147. The maximum atomic E-state index is 12.8. The molecule has 0 N–H and O–H groups in total. The van der Waals surface area contributed by atoms with Crippen LogP contribution in [0.3, 0.4) is 0 Å². The molecule has 0 amide bonds. The molecule has 2 aromatic rings. The van der Waals surface area contributed by atoms with Crippen LogP contribution >= 0.6 is 0 Å². The second-order valence-corrected chi connectivity index (χ2v) is 7.30. The topological polar surface area (TPSA) is 98.4 Å². The second kappa shape index (κ2) is 6.25. The molecule has 2 aromatic heterocycles. The summed E-state index contributed by atoms with van der Waals surface area (Å²) >= 11 is 0. The monoisotopic (exact) mass is 338 g/mol. The Morgan fingerprint density at radius 1 is 1.30 bits per heavy atom. The van der Waals surface area contributed by atoms with Crippen molar-refractivity contribution in [3.63, 3.8) is 0 Å². The molecule has 0 radical (unpaired) electrons. The van der Waals surface area contributed by atoms with E-state index < -0.39 is 10.0 Å². The molecule has 1 aliphatic heterocycles. The van der Waals surface area contributed by atoms with E-state index in [9.17, 15) is 8.42 Å². The van der Waals surface area contributed by atoms with E-state index >= 15 is 0 Å². The maximum absolute atomic E-state index is 12.8. The fourth-order valence-electron chi connectivity index (χ4n) is 2.69. The summed E-state index contributed by atoms with van der Waals surface area (Å²) < 4.78 is 37.7. The third kappa shape index (κ3) is 3.20. The van der Waals surface area contributed by atoms with Crippen molar-refractivity contribution in [1.29, 1.82) is 0 Å². The van der Waals surface area contributed by atoms with Crippen molar-refractivity contribution in [3.8, 4) is 6.01 Å². The summed E-state index contributed by atoms with van der Waals surface area (Å²) in [6.45, 7) is 3.92. The summed E-state index contributed by atoms with van der Waals surface area (Å²) in [6, 6.07) is 1.95. The summed E-state index contributed by atoms with van der Waals surface area (Å²) in [5.74, 6) is 0.303. The average Bonchev–Trinajstić information content (AvgIpc) is 2.88. The van der Waals surface area contributed by atoms with Gasteiger partial charge in [-0.15, -0.1) is 0 Å². The minimum Gasteiger partial charge on any atom is -0.459 e. The number of nitrogens with zero attached hydrogens (tertiary/aromatic N) is 4. The Balaban J connectivity index is 1.78. The van der Waals surface area contributed by atoms with Crippen molar-refractivity contribution < 1.29 is 17.7 Å². The highest BCUT2D eigenvalue weighted by Gasteiger charge is 2.35. The average molecular weight is 338 g/mol. The zero-order valence-electron chi connectivity index (χ0n) is 13.0. The van der Waals surface area contributed by atoms with Gasteiger partial charge in [0, 0.05) is 18.9 Å². The summed E-state index contributed by atoms with van der Waals surface area (Å²) in [7, 11) is -3.65. The first-order valence-corrected chi connectivity index (χ1v) is 8.79. The maximum Gasteiger partial charge on any atom is 0.316 e. The first-order valence-electron chi connectivity index (χ1n) is 7.35. The molecular formula is C14H18N4O4S. The molecule has 1 aliphatic rings. The molecule has 1 saturated heterocycles. The van der Waals surface area contributed by atoms with E-state index in [1.165, 1.54) is 4.31 Å². The van der Waals surface area contributed by atoms with Crippen LogP contribution in [0.1, 0.15) is 24.3 Å². The Morgan fingerprint density at radius 3 is 2.70 bits per heavy atom. The fraction of sp³-hybridized carbons (Fsp3) is 0.500. The third-order valence-electron chi connectivity index (χ3n) is 3.72. The number of ether oxygens (including phenoxy) is 1. The molecule has 1 unspecified atom stereocenters. The molecule has 23 heavy (non-hydrogen) atoms. The van der Waals surface area contributed by atoms with Gasteiger partial charge in [-0.1, -0.05) is 5.16 Å². The van der Waals surface area contributed by atoms with Crippen molar-refractivity contribution in [3.05, 3.63) is 29.9 Å². The number of rotatable bonds is 4. The largest absolute Gasteiger partial charge is 0.459 e. The standard InChI is InChI=1S/C14H18N4O4S/c1-10-13(11(2)22-17-10)23(19,20)18-8-3-5-12(9-18)21-14-15-6-4-7-16-14/h4,6-7,12H,3,5,8-9H2,1-2H3. The highest BCUT2D eigenvalue weighted by atomic mass is 32.2. The van der Waals surface area contributed by atoms with E-state index in [0.29, 0.717) is 24.4 Å². The molecule has 3 rings (SSSR count). The molecule has 0 spiro atoms. The number of hydrogen-bond donors (Lipinski definition) is 0. The number of piperidine rings is 1. The van der Waals surface area contributed by atoms with Gasteiger partial charge >= 0.3 is 6.01 Å². The van der Waals surface area contributed by atoms with Crippen LogP contribution in [0.15, 0.2) is 27.9 Å². The summed E-state index contributed by atoms with van der Waals surface area (Å²) in [4.78, 5) is 8.17. The van der Waals surface area contributed by atoms with Gasteiger partial charge in [-0.25, -0.2) is 18.4 Å². The van der Waals surface area contributed by atoms with Crippen molar-refractivity contribution >= 4 is 10.0 Å². The zero-order valence-corrected chi connectivity index (χ0v) is 13.8. The van der Waals surface area contributed by atoms with Gasteiger partial charge in [-0.3, -0.25) is 0 Å². The Labute approximate surface area is 134 Å². The van der Waals surface area contributed by atoms with Crippen LogP contribution in [0.25, 0.3) is 0 Å². The third-order valence-corrected chi connectivity index (χ3v) is 5.83. The summed E-state index contributed by atoms with van der Waals surface area (Å²) in [5, 5.41) is 3.73. The van der Waals surface area contributed by atoms with Gasteiger partial charge < -0.3 is 9.26 Å². The van der Waals surface area contributed by atoms with Crippen LogP contribution in [0, 0.1) is 13.8 Å². The second-order valence-electron chi connectivity index (χ2n) is 5.43. The first kappa shape index (κ1) is 15.9. The van der Waals surface area contributed by atoms with Gasteiger partial charge in [-0.2, -0.15) is 4.31 Å². The van der Waals surface area contributed by atoms with Crippen LogP contribution < -0.4 is 4.74 Å². The van der Waals surface area contributed by atoms with Gasteiger partial charge in [0.05, 0.1) is 6.54 Å². The smallest absolute Gasteiger partial charge is 0.316 e. The number of sulfonamides is 1. The molecule has 124 valence electrons. The van der Waals surface area contributed by atoms with Gasteiger partial charge in [0.25, 0.3) is 0 Å². The van der Waals surface area contributed by atoms with Crippen LogP contribution in [0.5, 0.6) is 6.01 Å². The van der Waals surface area contributed by atoms with Crippen LogP contribution in [-0.2, 0) is 10.0 Å². The van der Waals surface area contributed by atoms with E-state index in [-0.39, 0.29) is 23.6 Å². The van der Waals surface area contributed by atoms with Gasteiger partial charge in [0.15, 0.2) is 5.76 Å². The highest BCUT2D eigenvalue weighted by molar-refractivity contribution is 7.89. The van der Waals surface area contributed by atoms with E-state index in [1.807, 2.05) is 0 Å². The van der Waals surface area contributed by atoms with Crippen molar-refractivity contribution in [2.75, 3.05) is 13.1 Å². The van der Waals surface area contributed by atoms with Gasteiger partial charge in [-0.05, 0) is 32.8 Å². The molecular weight excluding hydrogens is 320 g/mol. The van der Waals surface area contributed by atoms with Crippen LogP contribution in [-0.4, -0.2) is 47.0 Å². The predicted molar refractivity (Wildman–Crippen MR) is 80.4 cm³/mol. The molecule has 0 aliphatic carbocycles. The summed E-state index contributed by atoms with van der Waals surface area (Å²) in [5.41, 5.74) is 0.372. The SMILES string of the molecule is Cc1noc(C)c1S(=O)(=O)N1CCCC(Oc2ncccn2)C1. The zero-order chi connectivity index (χ0) is 16.4. The highest BCUT2D eigenvalue weighted by Crippen LogP contribution is 2.26. The van der Waals surface area contributed by atoms with Crippen LogP contribution in [0.4, 0.5) is 0 Å². The molecule has 8 nitrogen and oxygen atoms in total. The Bertz CT molecular complexity index is 756. The van der Waals surface area contributed by atoms with Gasteiger partial charge in [0.2, 0.25) is 10.0 Å². The molecule has 9 heteroatoms. The van der Waals surface area contributed by atoms with E-state index in [0.717, 1.165) is 6.42 Å². The number of aromatic nitrogens is 3. The van der Waals surface area contributed by atoms with Crippen molar-refractivity contribution in [1.82, 2.24) is 19.4 Å². The quantitative estimate of drug-likeness (QED) is 0.829. The van der Waals surface area contributed by atoms with Crippen molar-refractivity contribution in [2.24, 2.45) is 0 Å².